The Morgan fingerprint density at radius 2 is 2.19 bits per heavy atom. The molecule has 0 amide bonds. The molecule has 5 atom stereocenters. The smallest absolute Gasteiger partial charge is 0.303 e. The van der Waals surface area contributed by atoms with Crippen LogP contribution in [0.5, 0.6) is 0 Å². The number of carbonyl (C=O) groups is 1. The van der Waals surface area contributed by atoms with Crippen molar-refractivity contribution in [3.8, 4) is 0 Å². The van der Waals surface area contributed by atoms with Crippen LogP contribution < -0.4 is 0 Å². The number of hydrogen-bond donors (Lipinski definition) is 1. The van der Waals surface area contributed by atoms with Crippen molar-refractivity contribution in [1.82, 2.24) is 0 Å². The lowest BCUT2D eigenvalue weighted by atomic mass is 9.53. The first-order valence-electron chi connectivity index (χ1n) is 7.77. The third-order valence-corrected chi connectivity index (χ3v) is 5.89. The van der Waals surface area contributed by atoms with E-state index in [0.717, 1.165) is 36.1 Å². The van der Waals surface area contributed by atoms with Gasteiger partial charge in [-0.1, -0.05) is 13.8 Å². The van der Waals surface area contributed by atoms with Crippen molar-refractivity contribution in [1.29, 1.82) is 0 Å². The predicted octanol–water partition coefficient (Wildman–Crippen LogP) is 3.16. The molecular weight excluding hydrogens is 268 g/mol. The molecule has 4 heteroatoms. The van der Waals surface area contributed by atoms with E-state index >= 15 is 0 Å². The number of furan rings is 1. The molecule has 1 N–H and O–H groups in total. The Hall–Kier alpha value is -1.29. The second-order valence-corrected chi connectivity index (χ2v) is 6.95. The Morgan fingerprint density at radius 1 is 1.48 bits per heavy atom. The van der Waals surface area contributed by atoms with E-state index in [9.17, 15) is 9.90 Å². The molecule has 4 nitrogen and oxygen atoms in total. The van der Waals surface area contributed by atoms with Gasteiger partial charge in [0.05, 0.1) is 12.4 Å². The van der Waals surface area contributed by atoms with E-state index in [-0.39, 0.29) is 29.5 Å². The fraction of sp³-hybridized carbons (Fsp3) is 0.706. The number of aryl methyl sites for hydroxylation is 1. The summed E-state index contributed by atoms with van der Waals surface area (Å²) < 4.78 is 11.4. The molecule has 21 heavy (non-hydrogen) atoms. The van der Waals surface area contributed by atoms with Crippen molar-refractivity contribution < 1.29 is 19.1 Å². The normalized spacial score (nSPS) is 38.5. The largest absolute Gasteiger partial charge is 0.469 e. The molecule has 1 unspecified atom stereocenters. The lowest BCUT2D eigenvalue weighted by molar-refractivity contribution is -0.175. The highest BCUT2D eigenvalue weighted by molar-refractivity contribution is 5.66. The van der Waals surface area contributed by atoms with Crippen LogP contribution in [-0.4, -0.2) is 17.2 Å². The van der Waals surface area contributed by atoms with Crippen LogP contribution in [-0.2, 0) is 16.0 Å². The van der Waals surface area contributed by atoms with Crippen molar-refractivity contribution in [2.45, 2.75) is 59.2 Å². The number of rotatable bonds is 1. The summed E-state index contributed by atoms with van der Waals surface area (Å²) in [5, 5.41) is 10.3. The molecule has 1 aromatic rings. The molecular formula is C17H24O4. The van der Waals surface area contributed by atoms with Gasteiger partial charge in [-0.15, -0.1) is 0 Å². The Morgan fingerprint density at radius 3 is 2.86 bits per heavy atom. The molecule has 2 aliphatic carbocycles. The topological polar surface area (TPSA) is 59.7 Å². The summed E-state index contributed by atoms with van der Waals surface area (Å²) in [6.45, 7) is 7.68. The van der Waals surface area contributed by atoms with Gasteiger partial charge in [0.15, 0.2) is 0 Å². The van der Waals surface area contributed by atoms with Gasteiger partial charge < -0.3 is 14.3 Å². The highest BCUT2D eigenvalue weighted by atomic mass is 16.5. The van der Waals surface area contributed by atoms with E-state index in [1.165, 1.54) is 6.92 Å². The predicted molar refractivity (Wildman–Crippen MR) is 77.7 cm³/mol. The molecule has 0 radical (unpaired) electrons. The number of hydrogen-bond acceptors (Lipinski definition) is 4. The number of fused-ring (bicyclic) bond motifs is 2. The van der Waals surface area contributed by atoms with Crippen molar-refractivity contribution >= 4 is 5.97 Å². The summed E-state index contributed by atoms with van der Waals surface area (Å²) in [6.07, 6.45) is 3.71. The number of ether oxygens (including phenoxy) is 1. The minimum absolute atomic E-state index is 0.0862. The van der Waals surface area contributed by atoms with Gasteiger partial charge in [0.2, 0.25) is 0 Å². The van der Waals surface area contributed by atoms with Crippen molar-refractivity contribution in [2.24, 2.45) is 17.3 Å². The maximum atomic E-state index is 11.6. The Kier molecular flexibility index (Phi) is 3.40. The van der Waals surface area contributed by atoms with Gasteiger partial charge in [0.1, 0.15) is 11.9 Å². The lowest BCUT2D eigenvalue weighted by Crippen LogP contribution is -2.52. The van der Waals surface area contributed by atoms with Crippen LogP contribution in [0.25, 0.3) is 0 Å². The zero-order valence-electron chi connectivity index (χ0n) is 13.2. The Labute approximate surface area is 125 Å². The van der Waals surface area contributed by atoms with Gasteiger partial charge in [-0.3, -0.25) is 4.79 Å². The fourth-order valence-corrected chi connectivity index (χ4v) is 4.40. The summed E-state index contributed by atoms with van der Waals surface area (Å²) in [5.41, 5.74) is 1.80. The first-order valence-corrected chi connectivity index (χ1v) is 7.77. The standard InChI is InChI=1S/C17H24O4/c1-9-8-20-14-7-12-5-6-13(19)10(2)17(12,4)16(15(9)14)21-11(3)18/h8,10,12-13,16,19H,5-7H2,1-4H3/t10-,12+,13?,16+,17+/m0/s1. The van der Waals surface area contributed by atoms with Crippen molar-refractivity contribution in [2.75, 3.05) is 0 Å². The summed E-state index contributed by atoms with van der Waals surface area (Å²) >= 11 is 0. The highest BCUT2D eigenvalue weighted by Gasteiger charge is 2.56. The van der Waals surface area contributed by atoms with Crippen molar-refractivity contribution in [3.05, 3.63) is 23.2 Å². The summed E-state index contributed by atoms with van der Waals surface area (Å²) in [6, 6.07) is 0. The molecule has 1 saturated carbocycles. The molecule has 116 valence electrons. The van der Waals surface area contributed by atoms with Crippen LogP contribution in [0.15, 0.2) is 10.7 Å². The summed E-state index contributed by atoms with van der Waals surface area (Å²) in [5.74, 6) is 1.13. The highest BCUT2D eigenvalue weighted by Crippen LogP contribution is 2.59. The molecule has 0 aromatic carbocycles. The van der Waals surface area contributed by atoms with Crippen LogP contribution in [0.3, 0.4) is 0 Å². The van der Waals surface area contributed by atoms with Gasteiger partial charge in [-0.05, 0) is 37.2 Å². The molecule has 0 saturated heterocycles. The Balaban J connectivity index is 2.12. The monoisotopic (exact) mass is 292 g/mol. The van der Waals surface area contributed by atoms with E-state index in [0.29, 0.717) is 5.92 Å². The quantitative estimate of drug-likeness (QED) is 0.808. The molecule has 3 rings (SSSR count). The van der Waals surface area contributed by atoms with Gasteiger partial charge >= 0.3 is 5.97 Å². The van der Waals surface area contributed by atoms with Gasteiger partial charge in [-0.2, -0.15) is 0 Å². The molecule has 0 spiro atoms. The summed E-state index contributed by atoms with van der Waals surface area (Å²) in [4.78, 5) is 11.6. The first-order chi connectivity index (χ1) is 9.85. The Bertz CT molecular complexity index is 561. The van der Waals surface area contributed by atoms with E-state index in [1.54, 1.807) is 6.26 Å². The second kappa shape index (κ2) is 4.87. The zero-order chi connectivity index (χ0) is 15.4. The van der Waals surface area contributed by atoms with Crippen LogP contribution in [0.4, 0.5) is 0 Å². The molecule has 0 bridgehead atoms. The summed E-state index contributed by atoms with van der Waals surface area (Å²) in [7, 11) is 0. The number of aliphatic hydroxyl groups excluding tert-OH is 1. The lowest BCUT2D eigenvalue weighted by Gasteiger charge is -2.54. The molecule has 1 fully saturated rings. The average molecular weight is 292 g/mol. The van der Waals surface area contributed by atoms with Crippen LogP contribution in [0.1, 0.15) is 56.6 Å². The molecule has 0 aliphatic heterocycles. The molecule has 1 heterocycles. The number of esters is 1. The third kappa shape index (κ3) is 2.03. The van der Waals surface area contributed by atoms with Crippen LogP contribution >= 0.6 is 0 Å². The van der Waals surface area contributed by atoms with E-state index in [1.807, 2.05) is 6.92 Å². The third-order valence-electron chi connectivity index (χ3n) is 5.89. The maximum Gasteiger partial charge on any atom is 0.303 e. The van der Waals surface area contributed by atoms with E-state index < -0.39 is 0 Å². The molecule has 2 aliphatic rings. The zero-order valence-corrected chi connectivity index (χ0v) is 13.2. The van der Waals surface area contributed by atoms with Gasteiger partial charge in [0, 0.05) is 24.3 Å². The maximum absolute atomic E-state index is 11.6. The minimum atomic E-state index is -0.335. The number of aliphatic hydroxyl groups is 1. The SMILES string of the molecule is CC(=O)O[C@@H]1c2c(C)coc2C[C@H]2CCC(O)[C@H](C)[C@]21C. The average Bonchev–Trinajstić information content (AvgIpc) is 2.78. The van der Waals surface area contributed by atoms with Crippen LogP contribution in [0.2, 0.25) is 0 Å². The minimum Gasteiger partial charge on any atom is -0.469 e. The second-order valence-electron chi connectivity index (χ2n) is 6.95. The van der Waals surface area contributed by atoms with Gasteiger partial charge in [0.25, 0.3) is 0 Å². The fourth-order valence-electron chi connectivity index (χ4n) is 4.40. The first kappa shape index (κ1) is 14.6. The van der Waals surface area contributed by atoms with Crippen LogP contribution in [0, 0.1) is 24.2 Å². The van der Waals surface area contributed by atoms with Crippen molar-refractivity contribution in [3.63, 3.8) is 0 Å². The van der Waals surface area contributed by atoms with Gasteiger partial charge in [-0.25, -0.2) is 0 Å². The molecule has 1 aromatic heterocycles. The van der Waals surface area contributed by atoms with E-state index in [4.69, 9.17) is 9.15 Å². The number of carbonyl (C=O) groups excluding carboxylic acids is 1. The van der Waals surface area contributed by atoms with E-state index in [2.05, 4.69) is 13.8 Å².